The SMILES string of the molecule is CC(C)CNC(=O)c1cccc(C(=O)NCCN2CCOCC2)c1. The quantitative estimate of drug-likeness (QED) is 0.785. The van der Waals surface area contributed by atoms with Crippen molar-refractivity contribution in [2.45, 2.75) is 13.8 Å². The molecule has 0 bridgehead atoms. The van der Waals surface area contributed by atoms with Crippen LogP contribution in [0.25, 0.3) is 0 Å². The number of nitrogens with one attached hydrogen (secondary N) is 2. The van der Waals surface area contributed by atoms with Gasteiger partial charge in [-0.3, -0.25) is 14.5 Å². The molecule has 0 atom stereocenters. The highest BCUT2D eigenvalue weighted by Crippen LogP contribution is 2.06. The molecule has 1 heterocycles. The standard InChI is InChI=1S/C18H27N3O3/c1-14(2)13-20-18(23)16-5-3-4-15(12-16)17(22)19-6-7-21-8-10-24-11-9-21/h3-5,12,14H,6-11,13H2,1-2H3,(H,19,22)(H,20,23). The van der Waals surface area contributed by atoms with Gasteiger partial charge in [0.25, 0.3) is 11.8 Å². The first-order valence-electron chi connectivity index (χ1n) is 8.53. The van der Waals surface area contributed by atoms with Gasteiger partial charge in [-0.1, -0.05) is 19.9 Å². The van der Waals surface area contributed by atoms with E-state index in [0.717, 1.165) is 32.8 Å². The van der Waals surface area contributed by atoms with Gasteiger partial charge in [-0.25, -0.2) is 0 Å². The number of ether oxygens (including phenoxy) is 1. The molecule has 1 saturated heterocycles. The van der Waals surface area contributed by atoms with Crippen LogP contribution in [0, 0.1) is 5.92 Å². The molecule has 132 valence electrons. The van der Waals surface area contributed by atoms with Crippen molar-refractivity contribution < 1.29 is 14.3 Å². The maximum absolute atomic E-state index is 12.2. The molecule has 6 heteroatoms. The number of rotatable bonds is 7. The van der Waals surface area contributed by atoms with Gasteiger partial charge in [-0.2, -0.15) is 0 Å². The molecule has 1 aliphatic rings. The normalized spacial score (nSPS) is 15.3. The van der Waals surface area contributed by atoms with Crippen molar-refractivity contribution in [1.29, 1.82) is 0 Å². The Morgan fingerprint density at radius 3 is 2.38 bits per heavy atom. The van der Waals surface area contributed by atoms with Gasteiger partial charge in [0.1, 0.15) is 0 Å². The van der Waals surface area contributed by atoms with Crippen molar-refractivity contribution >= 4 is 11.8 Å². The Kier molecular flexibility index (Phi) is 7.21. The first kappa shape index (κ1) is 18.4. The number of nitrogens with zero attached hydrogens (tertiary/aromatic N) is 1. The lowest BCUT2D eigenvalue weighted by molar-refractivity contribution is 0.0383. The molecular formula is C18H27N3O3. The van der Waals surface area contributed by atoms with Crippen molar-refractivity contribution in [3.8, 4) is 0 Å². The van der Waals surface area contributed by atoms with E-state index in [4.69, 9.17) is 4.74 Å². The van der Waals surface area contributed by atoms with Crippen LogP contribution in [-0.4, -0.2) is 62.7 Å². The van der Waals surface area contributed by atoms with Gasteiger partial charge in [0.2, 0.25) is 0 Å². The number of amides is 2. The van der Waals surface area contributed by atoms with Crippen molar-refractivity contribution in [3.63, 3.8) is 0 Å². The molecule has 0 aliphatic carbocycles. The molecule has 24 heavy (non-hydrogen) atoms. The van der Waals surface area contributed by atoms with Gasteiger partial charge in [0, 0.05) is 43.9 Å². The highest BCUT2D eigenvalue weighted by atomic mass is 16.5. The maximum atomic E-state index is 12.2. The molecule has 0 aromatic heterocycles. The summed E-state index contributed by atoms with van der Waals surface area (Å²) in [6.07, 6.45) is 0. The molecule has 0 unspecified atom stereocenters. The average molecular weight is 333 g/mol. The molecule has 1 aliphatic heterocycles. The van der Waals surface area contributed by atoms with Crippen LogP contribution in [0.2, 0.25) is 0 Å². The lowest BCUT2D eigenvalue weighted by atomic mass is 10.1. The Bertz CT molecular complexity index is 554. The first-order valence-corrected chi connectivity index (χ1v) is 8.53. The van der Waals surface area contributed by atoms with Gasteiger partial charge in [-0.15, -0.1) is 0 Å². The number of carbonyl (C=O) groups is 2. The molecule has 1 aromatic carbocycles. The molecule has 2 amide bonds. The average Bonchev–Trinajstić information content (AvgIpc) is 2.60. The van der Waals surface area contributed by atoms with E-state index in [1.165, 1.54) is 0 Å². The number of carbonyl (C=O) groups excluding carboxylic acids is 2. The van der Waals surface area contributed by atoms with Crippen LogP contribution in [0.3, 0.4) is 0 Å². The van der Waals surface area contributed by atoms with Crippen LogP contribution in [0.4, 0.5) is 0 Å². The van der Waals surface area contributed by atoms with E-state index in [0.29, 0.717) is 30.1 Å². The second kappa shape index (κ2) is 9.39. The van der Waals surface area contributed by atoms with Crippen molar-refractivity contribution in [2.24, 2.45) is 5.92 Å². The number of morpholine rings is 1. The Morgan fingerprint density at radius 1 is 1.12 bits per heavy atom. The molecule has 2 rings (SSSR count). The highest BCUT2D eigenvalue weighted by molar-refractivity contribution is 5.99. The number of hydrogen-bond donors (Lipinski definition) is 2. The number of hydrogen-bond acceptors (Lipinski definition) is 4. The lowest BCUT2D eigenvalue weighted by Crippen LogP contribution is -2.41. The molecule has 1 fully saturated rings. The largest absolute Gasteiger partial charge is 0.379 e. The maximum Gasteiger partial charge on any atom is 0.251 e. The van der Waals surface area contributed by atoms with E-state index >= 15 is 0 Å². The summed E-state index contributed by atoms with van der Waals surface area (Å²) in [6.45, 7) is 9.41. The van der Waals surface area contributed by atoms with Gasteiger partial charge < -0.3 is 15.4 Å². The van der Waals surface area contributed by atoms with Crippen LogP contribution < -0.4 is 10.6 Å². The second-order valence-corrected chi connectivity index (χ2v) is 6.39. The van der Waals surface area contributed by atoms with E-state index in [-0.39, 0.29) is 11.8 Å². The van der Waals surface area contributed by atoms with Crippen molar-refractivity contribution in [1.82, 2.24) is 15.5 Å². The summed E-state index contributed by atoms with van der Waals surface area (Å²) in [7, 11) is 0. The third kappa shape index (κ3) is 5.94. The molecular weight excluding hydrogens is 306 g/mol. The minimum Gasteiger partial charge on any atom is -0.379 e. The van der Waals surface area contributed by atoms with E-state index in [2.05, 4.69) is 15.5 Å². The van der Waals surface area contributed by atoms with Gasteiger partial charge in [0.15, 0.2) is 0 Å². The van der Waals surface area contributed by atoms with Crippen LogP contribution in [0.15, 0.2) is 24.3 Å². The summed E-state index contributed by atoms with van der Waals surface area (Å²) >= 11 is 0. The van der Waals surface area contributed by atoms with Crippen molar-refractivity contribution in [3.05, 3.63) is 35.4 Å². The highest BCUT2D eigenvalue weighted by Gasteiger charge is 2.12. The predicted octanol–water partition coefficient (Wildman–Crippen LogP) is 1.13. The molecule has 1 aromatic rings. The predicted molar refractivity (Wildman–Crippen MR) is 93.2 cm³/mol. The van der Waals surface area contributed by atoms with Crippen LogP contribution in [0.1, 0.15) is 34.6 Å². The summed E-state index contributed by atoms with van der Waals surface area (Å²) in [5.41, 5.74) is 1.02. The van der Waals surface area contributed by atoms with Crippen molar-refractivity contribution in [2.75, 3.05) is 45.9 Å². The fourth-order valence-corrected chi connectivity index (χ4v) is 2.45. The summed E-state index contributed by atoms with van der Waals surface area (Å²) in [6, 6.07) is 6.82. The topological polar surface area (TPSA) is 70.7 Å². The summed E-state index contributed by atoms with van der Waals surface area (Å²) in [5, 5.41) is 5.77. The second-order valence-electron chi connectivity index (χ2n) is 6.39. The Labute approximate surface area is 143 Å². The van der Waals surface area contributed by atoms with E-state index in [9.17, 15) is 9.59 Å². The minimum absolute atomic E-state index is 0.147. The summed E-state index contributed by atoms with van der Waals surface area (Å²) < 4.78 is 5.30. The molecule has 0 spiro atoms. The first-order chi connectivity index (χ1) is 11.6. The van der Waals surface area contributed by atoms with Gasteiger partial charge in [0.05, 0.1) is 13.2 Å². The zero-order chi connectivity index (χ0) is 17.4. The lowest BCUT2D eigenvalue weighted by Gasteiger charge is -2.26. The van der Waals surface area contributed by atoms with Gasteiger partial charge >= 0.3 is 0 Å². The zero-order valence-corrected chi connectivity index (χ0v) is 14.5. The van der Waals surface area contributed by atoms with Crippen LogP contribution in [0.5, 0.6) is 0 Å². The summed E-state index contributed by atoms with van der Waals surface area (Å²) in [4.78, 5) is 26.6. The van der Waals surface area contributed by atoms with Crippen LogP contribution >= 0.6 is 0 Å². The number of benzene rings is 1. The Morgan fingerprint density at radius 2 is 1.75 bits per heavy atom. The fourth-order valence-electron chi connectivity index (χ4n) is 2.45. The van der Waals surface area contributed by atoms with Crippen LogP contribution in [-0.2, 0) is 4.74 Å². The van der Waals surface area contributed by atoms with E-state index in [1.807, 2.05) is 13.8 Å². The summed E-state index contributed by atoms with van der Waals surface area (Å²) in [5.74, 6) is 0.0917. The third-order valence-electron chi connectivity index (χ3n) is 3.88. The van der Waals surface area contributed by atoms with E-state index < -0.39 is 0 Å². The molecule has 6 nitrogen and oxygen atoms in total. The smallest absolute Gasteiger partial charge is 0.251 e. The Hall–Kier alpha value is -1.92. The molecule has 0 radical (unpaired) electrons. The fraction of sp³-hybridized carbons (Fsp3) is 0.556. The minimum atomic E-state index is -0.151. The van der Waals surface area contributed by atoms with Gasteiger partial charge in [-0.05, 0) is 24.1 Å². The third-order valence-corrected chi connectivity index (χ3v) is 3.88. The monoisotopic (exact) mass is 333 g/mol. The zero-order valence-electron chi connectivity index (χ0n) is 14.5. The molecule has 2 N–H and O–H groups in total. The molecule has 0 saturated carbocycles. The van der Waals surface area contributed by atoms with E-state index in [1.54, 1.807) is 24.3 Å². The Balaban J connectivity index is 1.83.